The van der Waals surface area contributed by atoms with Crippen LogP contribution in [0.5, 0.6) is 0 Å². The lowest BCUT2D eigenvalue weighted by molar-refractivity contribution is -0.144. The summed E-state index contributed by atoms with van der Waals surface area (Å²) in [4.78, 5) is 10.9. The zero-order chi connectivity index (χ0) is 11.5. The van der Waals surface area contributed by atoms with Crippen molar-refractivity contribution in [1.82, 2.24) is 0 Å². The fourth-order valence-electron chi connectivity index (χ4n) is 1.25. The fourth-order valence-corrected chi connectivity index (χ4v) is 1.45. The molecule has 0 aromatic heterocycles. The molecule has 0 saturated heterocycles. The minimum absolute atomic E-state index is 0.287. The minimum atomic E-state index is -4.40. The molecule has 0 heterocycles. The quantitative estimate of drug-likeness (QED) is 0.735. The number of alkyl halides is 3. The van der Waals surface area contributed by atoms with Crippen LogP contribution in [0.3, 0.4) is 0 Å². The summed E-state index contributed by atoms with van der Waals surface area (Å²) in [5.74, 6) is -1.31. The lowest BCUT2D eigenvalue weighted by Gasteiger charge is -2.14. The minimum Gasteiger partial charge on any atom is -0.281 e. The maximum Gasteiger partial charge on any atom is 0.390 e. The van der Waals surface area contributed by atoms with Crippen LogP contribution in [0.4, 0.5) is 13.2 Å². The Labute approximate surface area is 89.9 Å². The van der Waals surface area contributed by atoms with Crippen molar-refractivity contribution >= 4 is 16.8 Å². The van der Waals surface area contributed by atoms with E-state index in [0.29, 0.717) is 0 Å². The smallest absolute Gasteiger partial charge is 0.281 e. The molecule has 1 aromatic carbocycles. The van der Waals surface area contributed by atoms with Gasteiger partial charge in [-0.1, -0.05) is 30.3 Å². The Bertz CT molecular complexity index is 334. The van der Waals surface area contributed by atoms with Crippen LogP contribution in [0.1, 0.15) is 17.9 Å². The normalized spacial score (nSPS) is 13.6. The first-order valence-corrected chi connectivity index (χ1v) is 4.59. The van der Waals surface area contributed by atoms with Crippen molar-refractivity contribution in [2.45, 2.75) is 18.5 Å². The third kappa shape index (κ3) is 3.91. The van der Waals surface area contributed by atoms with Crippen molar-refractivity contribution in [3.8, 4) is 0 Å². The maximum absolute atomic E-state index is 12.1. The summed E-state index contributed by atoms with van der Waals surface area (Å²) in [6, 6.07) is 7.71. The van der Waals surface area contributed by atoms with Crippen molar-refractivity contribution in [3.05, 3.63) is 35.9 Å². The molecule has 0 aliphatic carbocycles. The lowest BCUT2D eigenvalue weighted by atomic mass is 9.97. The molecule has 1 atom stereocenters. The average molecular weight is 237 g/mol. The Morgan fingerprint density at radius 3 is 2.20 bits per heavy atom. The van der Waals surface area contributed by atoms with Gasteiger partial charge in [0.1, 0.15) is 0 Å². The predicted molar refractivity (Wildman–Crippen MR) is 50.7 cm³/mol. The lowest BCUT2D eigenvalue weighted by Crippen LogP contribution is -2.17. The first-order valence-electron chi connectivity index (χ1n) is 4.21. The highest BCUT2D eigenvalue weighted by molar-refractivity contribution is 6.64. The maximum atomic E-state index is 12.1. The van der Waals surface area contributed by atoms with E-state index in [1.165, 1.54) is 12.1 Å². The second-order valence-corrected chi connectivity index (χ2v) is 3.46. The number of hydrogen-bond donors (Lipinski definition) is 0. The molecular weight excluding hydrogens is 229 g/mol. The summed E-state index contributed by atoms with van der Waals surface area (Å²) < 4.78 is 36.4. The van der Waals surface area contributed by atoms with Gasteiger partial charge < -0.3 is 0 Å². The van der Waals surface area contributed by atoms with E-state index in [-0.39, 0.29) is 5.56 Å². The van der Waals surface area contributed by atoms with Crippen molar-refractivity contribution in [1.29, 1.82) is 0 Å². The molecule has 5 heteroatoms. The van der Waals surface area contributed by atoms with Gasteiger partial charge in [-0.15, -0.1) is 0 Å². The van der Waals surface area contributed by atoms with Crippen LogP contribution in [0, 0.1) is 0 Å². The molecule has 1 nitrogen and oxygen atoms in total. The first-order chi connectivity index (χ1) is 6.90. The average Bonchev–Trinajstić information content (AvgIpc) is 2.14. The number of hydrogen-bond acceptors (Lipinski definition) is 1. The molecule has 1 rings (SSSR count). The predicted octanol–water partition coefficient (Wildman–Crippen LogP) is 3.49. The van der Waals surface area contributed by atoms with Crippen LogP contribution in [0.25, 0.3) is 0 Å². The summed E-state index contributed by atoms with van der Waals surface area (Å²) in [5, 5.41) is -0.987. The van der Waals surface area contributed by atoms with Gasteiger partial charge in [0.25, 0.3) is 0 Å². The van der Waals surface area contributed by atoms with E-state index < -0.39 is 23.8 Å². The van der Waals surface area contributed by atoms with Gasteiger partial charge in [-0.05, 0) is 17.2 Å². The molecule has 0 aliphatic heterocycles. The van der Waals surface area contributed by atoms with Gasteiger partial charge in [-0.2, -0.15) is 13.2 Å². The number of carbonyl (C=O) groups is 1. The Kier molecular flexibility index (Phi) is 3.74. The Balaban J connectivity index is 2.90. The van der Waals surface area contributed by atoms with E-state index >= 15 is 0 Å². The standard InChI is InChI=1S/C10H8ClF3O/c11-9(15)8(6-10(12,13)14)7-4-2-1-3-5-7/h1-5,8H,6H2. The molecule has 0 aliphatic rings. The van der Waals surface area contributed by atoms with E-state index in [4.69, 9.17) is 11.6 Å². The molecular formula is C10H8ClF3O. The largest absolute Gasteiger partial charge is 0.390 e. The number of rotatable bonds is 3. The van der Waals surface area contributed by atoms with Crippen LogP contribution in [0.2, 0.25) is 0 Å². The van der Waals surface area contributed by atoms with E-state index in [1.807, 2.05) is 0 Å². The summed E-state index contributed by atoms with van der Waals surface area (Å²) >= 11 is 5.15. The topological polar surface area (TPSA) is 17.1 Å². The van der Waals surface area contributed by atoms with Crippen molar-refractivity contribution < 1.29 is 18.0 Å². The van der Waals surface area contributed by atoms with E-state index in [1.54, 1.807) is 18.2 Å². The zero-order valence-electron chi connectivity index (χ0n) is 7.59. The van der Waals surface area contributed by atoms with E-state index in [2.05, 4.69) is 0 Å². The van der Waals surface area contributed by atoms with Gasteiger partial charge >= 0.3 is 6.18 Å². The highest BCUT2D eigenvalue weighted by Crippen LogP contribution is 2.32. The summed E-state index contributed by atoms with van der Waals surface area (Å²) in [7, 11) is 0. The monoisotopic (exact) mass is 236 g/mol. The van der Waals surface area contributed by atoms with E-state index in [0.717, 1.165) is 0 Å². The van der Waals surface area contributed by atoms with Crippen LogP contribution in [-0.4, -0.2) is 11.4 Å². The third-order valence-electron chi connectivity index (χ3n) is 1.91. The second-order valence-electron chi connectivity index (χ2n) is 3.09. The van der Waals surface area contributed by atoms with E-state index in [9.17, 15) is 18.0 Å². The van der Waals surface area contributed by atoms with Crippen molar-refractivity contribution in [3.63, 3.8) is 0 Å². The summed E-state index contributed by atoms with van der Waals surface area (Å²) in [6.45, 7) is 0. The summed E-state index contributed by atoms with van der Waals surface area (Å²) in [5.41, 5.74) is 0.287. The molecule has 1 aromatic rings. The number of halogens is 4. The molecule has 15 heavy (non-hydrogen) atoms. The molecule has 0 amide bonds. The Morgan fingerprint density at radius 1 is 1.27 bits per heavy atom. The van der Waals surface area contributed by atoms with Gasteiger partial charge in [0.2, 0.25) is 5.24 Å². The van der Waals surface area contributed by atoms with Gasteiger partial charge in [0.05, 0.1) is 12.3 Å². The number of carbonyl (C=O) groups excluding carboxylic acids is 1. The van der Waals surface area contributed by atoms with Gasteiger partial charge in [0, 0.05) is 0 Å². The van der Waals surface area contributed by atoms with Crippen molar-refractivity contribution in [2.75, 3.05) is 0 Å². The molecule has 0 saturated carbocycles. The molecule has 82 valence electrons. The molecule has 0 radical (unpaired) electrons. The third-order valence-corrected chi connectivity index (χ3v) is 2.17. The molecule has 1 unspecified atom stereocenters. The highest BCUT2D eigenvalue weighted by Gasteiger charge is 2.35. The molecule has 0 spiro atoms. The first kappa shape index (κ1) is 12.0. The van der Waals surface area contributed by atoms with Gasteiger partial charge in [0.15, 0.2) is 0 Å². The molecule has 0 fully saturated rings. The SMILES string of the molecule is O=C(Cl)C(CC(F)(F)F)c1ccccc1. The summed E-state index contributed by atoms with van der Waals surface area (Å²) in [6.07, 6.45) is -5.62. The van der Waals surface area contributed by atoms with Crippen LogP contribution in [-0.2, 0) is 4.79 Å². The van der Waals surface area contributed by atoms with Gasteiger partial charge in [-0.25, -0.2) is 0 Å². The highest BCUT2D eigenvalue weighted by atomic mass is 35.5. The molecule has 0 N–H and O–H groups in total. The number of benzene rings is 1. The molecule has 0 bridgehead atoms. The Morgan fingerprint density at radius 2 is 1.80 bits per heavy atom. The van der Waals surface area contributed by atoms with Gasteiger partial charge in [-0.3, -0.25) is 4.79 Å². The van der Waals surface area contributed by atoms with Crippen molar-refractivity contribution in [2.24, 2.45) is 0 Å². The second kappa shape index (κ2) is 4.66. The zero-order valence-corrected chi connectivity index (χ0v) is 8.35. The van der Waals surface area contributed by atoms with Crippen LogP contribution < -0.4 is 0 Å². The Hall–Kier alpha value is -1.03. The van der Waals surface area contributed by atoms with Crippen LogP contribution in [0.15, 0.2) is 30.3 Å². The van der Waals surface area contributed by atoms with Crippen LogP contribution >= 0.6 is 11.6 Å². The fraction of sp³-hybridized carbons (Fsp3) is 0.300.